The molecule has 0 bridgehead atoms. The van der Waals surface area contributed by atoms with Gasteiger partial charge in [-0.15, -0.1) is 0 Å². The molecule has 0 saturated heterocycles. The van der Waals surface area contributed by atoms with Gasteiger partial charge in [-0.3, -0.25) is 0 Å². The normalized spacial score (nSPS) is 12.5. The maximum absolute atomic E-state index is 10.9. The molecule has 16 heavy (non-hydrogen) atoms. The Morgan fingerprint density at radius 1 is 1.38 bits per heavy atom. The summed E-state index contributed by atoms with van der Waals surface area (Å²) in [6.07, 6.45) is -0.304. The van der Waals surface area contributed by atoms with Crippen molar-refractivity contribution in [3.05, 3.63) is 29.8 Å². The van der Waals surface area contributed by atoms with Crippen molar-refractivity contribution < 1.29 is 14.6 Å². The van der Waals surface area contributed by atoms with Crippen molar-refractivity contribution in [2.75, 3.05) is 0 Å². The first-order valence-corrected chi connectivity index (χ1v) is 5.54. The van der Waals surface area contributed by atoms with Crippen LogP contribution in [0.1, 0.15) is 38.7 Å². The number of hydrogen-bond donors (Lipinski definition) is 1. The highest BCUT2D eigenvalue weighted by Gasteiger charge is 2.18. The highest BCUT2D eigenvalue weighted by Crippen LogP contribution is 2.27. The van der Waals surface area contributed by atoms with Gasteiger partial charge >= 0.3 is 5.97 Å². The highest BCUT2D eigenvalue weighted by molar-refractivity contribution is 5.72. The van der Waals surface area contributed by atoms with Crippen LogP contribution in [0.15, 0.2) is 24.3 Å². The number of para-hydroxylation sites is 1. The summed E-state index contributed by atoms with van der Waals surface area (Å²) in [7, 11) is 0. The number of carbonyl (C=O) groups is 1. The van der Waals surface area contributed by atoms with Gasteiger partial charge in [-0.25, -0.2) is 4.79 Å². The second-order valence-electron chi connectivity index (χ2n) is 4.05. The average molecular weight is 222 g/mol. The minimum atomic E-state index is -0.916. The Kier molecular flexibility index (Phi) is 4.35. The van der Waals surface area contributed by atoms with Crippen LogP contribution in [0.4, 0.5) is 0 Å². The number of carboxylic acid groups (broad SMARTS) is 1. The van der Waals surface area contributed by atoms with E-state index in [2.05, 4.69) is 13.8 Å². The van der Waals surface area contributed by atoms with Gasteiger partial charge < -0.3 is 9.84 Å². The lowest BCUT2D eigenvalue weighted by molar-refractivity contribution is -0.145. The molecule has 1 N–H and O–H groups in total. The summed E-state index contributed by atoms with van der Waals surface area (Å²) in [6.45, 7) is 5.92. The van der Waals surface area contributed by atoms with Crippen LogP contribution in [-0.4, -0.2) is 17.2 Å². The van der Waals surface area contributed by atoms with Gasteiger partial charge in [0, 0.05) is 0 Å². The number of ether oxygens (including phenoxy) is 1. The smallest absolute Gasteiger partial charge is 0.344 e. The summed E-state index contributed by atoms with van der Waals surface area (Å²) >= 11 is 0. The van der Waals surface area contributed by atoms with Crippen LogP contribution < -0.4 is 4.74 Å². The van der Waals surface area contributed by atoms with E-state index in [0.717, 1.165) is 5.56 Å². The van der Waals surface area contributed by atoms with Crippen molar-refractivity contribution in [3.8, 4) is 5.75 Å². The Hall–Kier alpha value is -1.51. The molecule has 0 aliphatic carbocycles. The summed E-state index contributed by atoms with van der Waals surface area (Å²) in [5.74, 6) is 0.0790. The summed E-state index contributed by atoms with van der Waals surface area (Å²) in [5.41, 5.74) is 1.04. The van der Waals surface area contributed by atoms with Crippen LogP contribution in [0.2, 0.25) is 0 Å². The van der Waals surface area contributed by atoms with Gasteiger partial charge in [-0.05, 0) is 24.0 Å². The van der Waals surface area contributed by atoms with Crippen LogP contribution in [0.3, 0.4) is 0 Å². The van der Waals surface area contributed by atoms with Gasteiger partial charge in [-0.2, -0.15) is 0 Å². The van der Waals surface area contributed by atoms with E-state index in [1.54, 1.807) is 6.92 Å². The lowest BCUT2D eigenvalue weighted by Gasteiger charge is -2.17. The molecule has 0 saturated carbocycles. The van der Waals surface area contributed by atoms with Gasteiger partial charge in [0.2, 0.25) is 0 Å². The second kappa shape index (κ2) is 5.54. The predicted octanol–water partition coefficient (Wildman–Crippen LogP) is 3.05. The van der Waals surface area contributed by atoms with E-state index in [1.165, 1.54) is 0 Å². The first-order valence-electron chi connectivity index (χ1n) is 5.54. The second-order valence-corrected chi connectivity index (χ2v) is 4.05. The molecule has 1 aromatic carbocycles. The summed E-state index contributed by atoms with van der Waals surface area (Å²) in [4.78, 5) is 10.9. The molecular formula is C13H18O3. The Labute approximate surface area is 96.1 Å². The van der Waals surface area contributed by atoms with Gasteiger partial charge in [0.25, 0.3) is 0 Å². The number of benzene rings is 1. The molecular weight excluding hydrogens is 204 g/mol. The third-order valence-corrected chi connectivity index (χ3v) is 2.46. The molecule has 1 atom stereocenters. The highest BCUT2D eigenvalue weighted by atomic mass is 16.5. The summed E-state index contributed by atoms with van der Waals surface area (Å²) in [5, 5.41) is 8.94. The minimum absolute atomic E-state index is 0.322. The Morgan fingerprint density at radius 3 is 2.50 bits per heavy atom. The molecule has 0 fully saturated rings. The van der Waals surface area contributed by atoms with E-state index in [0.29, 0.717) is 18.1 Å². The van der Waals surface area contributed by atoms with Crippen molar-refractivity contribution in [2.45, 2.75) is 39.2 Å². The fourth-order valence-electron chi connectivity index (χ4n) is 1.53. The third-order valence-electron chi connectivity index (χ3n) is 2.46. The molecule has 0 amide bonds. The van der Waals surface area contributed by atoms with Gasteiger partial charge in [0.05, 0.1) is 0 Å². The number of rotatable bonds is 5. The molecule has 0 heterocycles. The Morgan fingerprint density at radius 2 is 2.00 bits per heavy atom. The monoisotopic (exact) mass is 222 g/mol. The first kappa shape index (κ1) is 12.6. The Bertz CT molecular complexity index is 358. The van der Waals surface area contributed by atoms with Gasteiger partial charge in [0.1, 0.15) is 5.75 Å². The quantitative estimate of drug-likeness (QED) is 0.832. The zero-order valence-corrected chi connectivity index (χ0v) is 9.93. The molecule has 0 unspecified atom stereocenters. The zero-order chi connectivity index (χ0) is 12.1. The maximum Gasteiger partial charge on any atom is 0.344 e. The van der Waals surface area contributed by atoms with Crippen molar-refractivity contribution >= 4 is 5.97 Å². The van der Waals surface area contributed by atoms with E-state index in [1.807, 2.05) is 24.3 Å². The molecule has 0 aliphatic heterocycles. The van der Waals surface area contributed by atoms with Crippen LogP contribution in [-0.2, 0) is 4.79 Å². The fourth-order valence-corrected chi connectivity index (χ4v) is 1.53. The van der Waals surface area contributed by atoms with Crippen molar-refractivity contribution in [3.63, 3.8) is 0 Å². The lowest BCUT2D eigenvalue weighted by atomic mass is 10.0. The molecule has 3 nitrogen and oxygen atoms in total. The third kappa shape index (κ3) is 2.99. The number of aliphatic carboxylic acids is 1. The molecule has 88 valence electrons. The molecule has 3 heteroatoms. The van der Waals surface area contributed by atoms with E-state index < -0.39 is 12.1 Å². The zero-order valence-electron chi connectivity index (χ0n) is 9.93. The maximum atomic E-state index is 10.9. The summed E-state index contributed by atoms with van der Waals surface area (Å²) in [6, 6.07) is 7.58. The van der Waals surface area contributed by atoms with Crippen molar-refractivity contribution in [1.29, 1.82) is 0 Å². The summed E-state index contributed by atoms with van der Waals surface area (Å²) < 4.78 is 5.52. The molecule has 1 aromatic rings. The van der Waals surface area contributed by atoms with Crippen LogP contribution in [0, 0.1) is 0 Å². The lowest BCUT2D eigenvalue weighted by Crippen LogP contribution is -2.26. The van der Waals surface area contributed by atoms with E-state index in [4.69, 9.17) is 9.84 Å². The van der Waals surface area contributed by atoms with E-state index in [-0.39, 0.29) is 0 Å². The topological polar surface area (TPSA) is 46.5 Å². The number of carboxylic acids is 1. The molecule has 1 rings (SSSR count). The Balaban J connectivity index is 2.91. The minimum Gasteiger partial charge on any atom is -0.479 e. The van der Waals surface area contributed by atoms with Crippen LogP contribution in [0.25, 0.3) is 0 Å². The van der Waals surface area contributed by atoms with Crippen LogP contribution in [0.5, 0.6) is 5.75 Å². The molecule has 0 aliphatic rings. The average Bonchev–Trinajstić information content (AvgIpc) is 2.25. The standard InChI is InChI=1S/C13H18O3/c1-4-11(13(14)15)16-12-8-6-5-7-10(12)9(2)3/h5-9,11H,4H2,1-3H3,(H,14,15)/t11-/m1/s1. The van der Waals surface area contributed by atoms with Gasteiger partial charge in [-0.1, -0.05) is 39.0 Å². The van der Waals surface area contributed by atoms with Crippen LogP contribution >= 0.6 is 0 Å². The first-order chi connectivity index (χ1) is 7.56. The molecule has 0 aromatic heterocycles. The van der Waals surface area contributed by atoms with Crippen molar-refractivity contribution in [2.24, 2.45) is 0 Å². The predicted molar refractivity (Wildman–Crippen MR) is 62.9 cm³/mol. The van der Waals surface area contributed by atoms with E-state index >= 15 is 0 Å². The van der Waals surface area contributed by atoms with Crippen molar-refractivity contribution in [1.82, 2.24) is 0 Å². The number of hydrogen-bond acceptors (Lipinski definition) is 2. The molecule has 0 radical (unpaired) electrons. The largest absolute Gasteiger partial charge is 0.479 e. The SMILES string of the molecule is CC[C@@H](Oc1ccccc1C(C)C)C(=O)O. The molecule has 0 spiro atoms. The van der Waals surface area contributed by atoms with Gasteiger partial charge in [0.15, 0.2) is 6.10 Å². The van der Waals surface area contributed by atoms with E-state index in [9.17, 15) is 4.79 Å². The fraction of sp³-hybridized carbons (Fsp3) is 0.462.